The molecule has 2 nitrogen and oxygen atoms in total. The lowest BCUT2D eigenvalue weighted by atomic mass is 10.2. The standard InChI is InChI=1S/C8H12BrFO2/c1-7(2,3)12-6(11)5-4-8(5,9)10/h5H,4H2,1-3H3. The maximum atomic E-state index is 12.9. The van der Waals surface area contributed by atoms with Crippen molar-refractivity contribution >= 4 is 21.9 Å². The van der Waals surface area contributed by atoms with Crippen molar-refractivity contribution in [3.8, 4) is 0 Å². The molecule has 1 fully saturated rings. The smallest absolute Gasteiger partial charge is 0.313 e. The van der Waals surface area contributed by atoms with Gasteiger partial charge in [0.05, 0.1) is 0 Å². The summed E-state index contributed by atoms with van der Waals surface area (Å²) >= 11 is 2.79. The molecule has 0 aliphatic heterocycles. The molecule has 12 heavy (non-hydrogen) atoms. The van der Waals surface area contributed by atoms with E-state index in [2.05, 4.69) is 15.9 Å². The lowest BCUT2D eigenvalue weighted by Crippen LogP contribution is -2.25. The van der Waals surface area contributed by atoms with Crippen LogP contribution in [-0.4, -0.2) is 16.1 Å². The van der Waals surface area contributed by atoms with Crippen molar-refractivity contribution in [2.45, 2.75) is 37.4 Å². The molecule has 0 bridgehead atoms. The summed E-state index contributed by atoms with van der Waals surface area (Å²) in [6.07, 6.45) is 0.224. The molecule has 1 aliphatic carbocycles. The number of esters is 1. The number of hydrogen-bond donors (Lipinski definition) is 0. The fourth-order valence-electron chi connectivity index (χ4n) is 0.842. The topological polar surface area (TPSA) is 26.3 Å². The monoisotopic (exact) mass is 238 g/mol. The molecular weight excluding hydrogens is 227 g/mol. The van der Waals surface area contributed by atoms with Crippen LogP contribution in [0.5, 0.6) is 0 Å². The third-order valence-electron chi connectivity index (χ3n) is 1.52. The Bertz CT molecular complexity index is 208. The first kappa shape index (κ1) is 9.96. The van der Waals surface area contributed by atoms with Crippen LogP contribution in [0, 0.1) is 5.92 Å². The lowest BCUT2D eigenvalue weighted by molar-refractivity contribution is -0.157. The molecule has 1 rings (SSSR count). The number of halogens is 2. The average molecular weight is 239 g/mol. The molecule has 2 unspecified atom stereocenters. The van der Waals surface area contributed by atoms with Crippen molar-refractivity contribution in [1.29, 1.82) is 0 Å². The molecule has 0 saturated heterocycles. The Kier molecular flexibility index (Phi) is 2.23. The summed E-state index contributed by atoms with van der Waals surface area (Å²) in [7, 11) is 0. The van der Waals surface area contributed by atoms with Crippen LogP contribution < -0.4 is 0 Å². The molecule has 2 atom stereocenters. The first-order chi connectivity index (χ1) is 5.22. The Morgan fingerprint density at radius 3 is 2.33 bits per heavy atom. The van der Waals surface area contributed by atoms with Crippen LogP contribution in [0.3, 0.4) is 0 Å². The van der Waals surface area contributed by atoms with Crippen LogP contribution in [0.25, 0.3) is 0 Å². The number of ether oxygens (including phenoxy) is 1. The molecule has 0 aromatic carbocycles. The van der Waals surface area contributed by atoms with Crippen LogP contribution in [0.2, 0.25) is 0 Å². The predicted octanol–water partition coefficient (Wildman–Crippen LogP) is 2.41. The molecule has 0 N–H and O–H groups in total. The van der Waals surface area contributed by atoms with Gasteiger partial charge in [-0.25, -0.2) is 4.39 Å². The summed E-state index contributed by atoms with van der Waals surface area (Å²) in [6, 6.07) is 0. The van der Waals surface area contributed by atoms with Gasteiger partial charge >= 0.3 is 5.97 Å². The number of rotatable bonds is 1. The number of hydrogen-bond acceptors (Lipinski definition) is 2. The molecular formula is C8H12BrFO2. The van der Waals surface area contributed by atoms with Gasteiger partial charge < -0.3 is 4.74 Å². The van der Waals surface area contributed by atoms with Gasteiger partial charge in [0, 0.05) is 6.42 Å². The van der Waals surface area contributed by atoms with Gasteiger partial charge in [-0.3, -0.25) is 4.79 Å². The fourth-order valence-corrected chi connectivity index (χ4v) is 1.35. The van der Waals surface area contributed by atoms with Gasteiger partial charge in [0.15, 0.2) is 4.58 Å². The zero-order valence-electron chi connectivity index (χ0n) is 7.36. The molecule has 0 radical (unpaired) electrons. The second-order valence-corrected chi connectivity index (χ2v) is 5.37. The Morgan fingerprint density at radius 1 is 1.67 bits per heavy atom. The van der Waals surface area contributed by atoms with E-state index in [9.17, 15) is 9.18 Å². The van der Waals surface area contributed by atoms with E-state index >= 15 is 0 Å². The van der Waals surface area contributed by atoms with Crippen molar-refractivity contribution in [1.82, 2.24) is 0 Å². The molecule has 0 amide bonds. The minimum absolute atomic E-state index is 0.224. The van der Waals surface area contributed by atoms with Crippen molar-refractivity contribution in [3.05, 3.63) is 0 Å². The van der Waals surface area contributed by atoms with E-state index in [1.165, 1.54) is 0 Å². The highest BCUT2D eigenvalue weighted by molar-refractivity contribution is 9.10. The van der Waals surface area contributed by atoms with Crippen molar-refractivity contribution in [3.63, 3.8) is 0 Å². The minimum atomic E-state index is -1.50. The van der Waals surface area contributed by atoms with Gasteiger partial charge in [-0.05, 0) is 36.7 Å². The quantitative estimate of drug-likeness (QED) is 0.518. The third-order valence-corrected chi connectivity index (χ3v) is 2.39. The number of carbonyl (C=O) groups excluding carboxylic acids is 1. The molecule has 0 aromatic rings. The van der Waals surface area contributed by atoms with Crippen LogP contribution in [0.15, 0.2) is 0 Å². The number of carbonyl (C=O) groups is 1. The summed E-state index contributed by atoms with van der Waals surface area (Å²) in [4.78, 5) is 11.1. The highest BCUT2D eigenvalue weighted by Crippen LogP contribution is 2.53. The van der Waals surface area contributed by atoms with Crippen molar-refractivity contribution in [2.75, 3.05) is 0 Å². The zero-order valence-corrected chi connectivity index (χ0v) is 8.94. The van der Waals surface area contributed by atoms with E-state index in [0.717, 1.165) is 0 Å². The largest absolute Gasteiger partial charge is 0.460 e. The van der Waals surface area contributed by atoms with Gasteiger partial charge in [0.2, 0.25) is 0 Å². The van der Waals surface area contributed by atoms with Crippen LogP contribution in [0.4, 0.5) is 4.39 Å². The molecule has 0 heterocycles. The Balaban J connectivity index is 2.42. The average Bonchev–Trinajstić information content (AvgIpc) is 2.35. The fraction of sp³-hybridized carbons (Fsp3) is 0.875. The summed E-state index contributed by atoms with van der Waals surface area (Å²) < 4.78 is 16.4. The Labute approximate surface area is 79.6 Å². The van der Waals surface area contributed by atoms with E-state index < -0.39 is 22.1 Å². The van der Waals surface area contributed by atoms with E-state index in [0.29, 0.717) is 0 Å². The second-order valence-electron chi connectivity index (χ2n) is 4.05. The first-order valence-corrected chi connectivity index (χ1v) is 4.62. The highest BCUT2D eigenvalue weighted by Gasteiger charge is 2.59. The minimum Gasteiger partial charge on any atom is -0.460 e. The zero-order chi connectivity index (χ0) is 9.57. The summed E-state index contributed by atoms with van der Waals surface area (Å²) in [5.74, 6) is -1.07. The van der Waals surface area contributed by atoms with Gasteiger partial charge in [-0.1, -0.05) is 0 Å². The maximum Gasteiger partial charge on any atom is 0.313 e. The summed E-state index contributed by atoms with van der Waals surface area (Å²) in [6.45, 7) is 5.30. The van der Waals surface area contributed by atoms with E-state index in [1.807, 2.05) is 0 Å². The molecule has 1 aliphatic rings. The molecule has 0 aromatic heterocycles. The van der Waals surface area contributed by atoms with Gasteiger partial charge in [-0.15, -0.1) is 0 Å². The van der Waals surface area contributed by atoms with E-state index in [1.54, 1.807) is 20.8 Å². The highest BCUT2D eigenvalue weighted by atomic mass is 79.9. The third kappa shape index (κ3) is 2.44. The number of alkyl halides is 2. The lowest BCUT2D eigenvalue weighted by Gasteiger charge is -2.19. The Hall–Kier alpha value is -0.120. The van der Waals surface area contributed by atoms with Crippen molar-refractivity contribution in [2.24, 2.45) is 5.92 Å². The second kappa shape index (κ2) is 2.69. The van der Waals surface area contributed by atoms with Gasteiger partial charge in [0.1, 0.15) is 11.5 Å². The molecule has 4 heteroatoms. The predicted molar refractivity (Wildman–Crippen MR) is 46.7 cm³/mol. The normalized spacial score (nSPS) is 34.6. The molecule has 0 spiro atoms. The molecule has 70 valence electrons. The summed E-state index contributed by atoms with van der Waals surface area (Å²) in [5, 5.41) is 0. The Morgan fingerprint density at radius 2 is 2.08 bits per heavy atom. The first-order valence-electron chi connectivity index (χ1n) is 3.83. The summed E-state index contributed by atoms with van der Waals surface area (Å²) in [5.41, 5.74) is -0.525. The SMILES string of the molecule is CC(C)(C)OC(=O)C1CC1(F)Br. The van der Waals surface area contributed by atoms with Crippen molar-refractivity contribution < 1.29 is 13.9 Å². The van der Waals surface area contributed by atoms with E-state index in [4.69, 9.17) is 4.74 Å². The van der Waals surface area contributed by atoms with Gasteiger partial charge in [-0.2, -0.15) is 0 Å². The van der Waals surface area contributed by atoms with Crippen LogP contribution in [-0.2, 0) is 9.53 Å². The van der Waals surface area contributed by atoms with Crippen LogP contribution >= 0.6 is 15.9 Å². The van der Waals surface area contributed by atoms with Crippen LogP contribution in [0.1, 0.15) is 27.2 Å². The molecule has 1 saturated carbocycles. The maximum absolute atomic E-state index is 12.9. The van der Waals surface area contributed by atoms with E-state index in [-0.39, 0.29) is 6.42 Å². The van der Waals surface area contributed by atoms with Gasteiger partial charge in [0.25, 0.3) is 0 Å².